The molecule has 3 heteroatoms. The molecule has 1 rings (SSSR count). The second-order valence-electron chi connectivity index (χ2n) is 5.77. The molecule has 100 valence electrons. The molecule has 0 N–H and O–H groups in total. The molecule has 3 nitrogen and oxygen atoms in total. The van der Waals surface area contributed by atoms with Gasteiger partial charge in [0.2, 0.25) is 0 Å². The molecule has 0 aliphatic heterocycles. The van der Waals surface area contributed by atoms with Gasteiger partial charge in [-0.15, -0.1) is 0 Å². The van der Waals surface area contributed by atoms with Crippen LogP contribution in [0, 0.1) is 10.1 Å². The molecule has 0 heterocycles. The number of nitrogens with zero attached hydrogens (tertiary/aromatic N) is 1. The summed E-state index contributed by atoms with van der Waals surface area (Å²) in [6.07, 6.45) is 0. The van der Waals surface area contributed by atoms with E-state index in [1.54, 1.807) is 0 Å². The van der Waals surface area contributed by atoms with Crippen LogP contribution in [0.1, 0.15) is 76.0 Å². The van der Waals surface area contributed by atoms with E-state index >= 15 is 0 Å². The van der Waals surface area contributed by atoms with E-state index in [0.717, 1.165) is 11.1 Å². The summed E-state index contributed by atoms with van der Waals surface area (Å²) in [6, 6.07) is 4.00. The number of nitro benzene ring substituents is 1. The molecule has 0 saturated heterocycles. The SMILES string of the molecule is CC(C)c1cc(C(C)C)c([N+](=O)[O-])c(C(C)C)c1. The maximum atomic E-state index is 11.3. The monoisotopic (exact) mass is 249 g/mol. The van der Waals surface area contributed by atoms with Crippen molar-refractivity contribution in [2.24, 2.45) is 0 Å². The van der Waals surface area contributed by atoms with Gasteiger partial charge in [0.25, 0.3) is 5.69 Å². The molecule has 1 aromatic carbocycles. The molecule has 18 heavy (non-hydrogen) atoms. The number of benzene rings is 1. The Bertz CT molecular complexity index is 419. The largest absolute Gasteiger partial charge is 0.276 e. The van der Waals surface area contributed by atoms with Crippen molar-refractivity contribution in [3.8, 4) is 0 Å². The van der Waals surface area contributed by atoms with E-state index in [9.17, 15) is 10.1 Å². The number of nitro groups is 1. The molecular weight excluding hydrogens is 226 g/mol. The van der Waals surface area contributed by atoms with Crippen molar-refractivity contribution in [3.63, 3.8) is 0 Å². The predicted octanol–water partition coefficient (Wildman–Crippen LogP) is 4.97. The molecular formula is C15H23NO2. The van der Waals surface area contributed by atoms with Crippen LogP contribution in [-0.4, -0.2) is 4.92 Å². The molecule has 0 spiro atoms. The highest BCUT2D eigenvalue weighted by molar-refractivity contribution is 5.53. The first-order chi connectivity index (χ1) is 8.25. The summed E-state index contributed by atoms with van der Waals surface area (Å²) < 4.78 is 0. The van der Waals surface area contributed by atoms with Gasteiger partial charge in [-0.05, 0) is 35.4 Å². The fourth-order valence-corrected chi connectivity index (χ4v) is 2.13. The molecule has 0 unspecified atom stereocenters. The molecule has 0 aromatic heterocycles. The second kappa shape index (κ2) is 5.51. The maximum absolute atomic E-state index is 11.3. The van der Waals surface area contributed by atoms with E-state index in [1.807, 2.05) is 39.8 Å². The van der Waals surface area contributed by atoms with Crippen molar-refractivity contribution in [1.82, 2.24) is 0 Å². The van der Waals surface area contributed by atoms with Crippen molar-refractivity contribution in [1.29, 1.82) is 0 Å². The van der Waals surface area contributed by atoms with Crippen molar-refractivity contribution in [3.05, 3.63) is 38.9 Å². The third kappa shape index (κ3) is 2.89. The fraction of sp³-hybridized carbons (Fsp3) is 0.600. The zero-order valence-electron chi connectivity index (χ0n) is 12.2. The second-order valence-corrected chi connectivity index (χ2v) is 5.77. The van der Waals surface area contributed by atoms with Gasteiger partial charge in [-0.25, -0.2) is 0 Å². The molecule has 0 aliphatic carbocycles. The Labute approximate surface area is 109 Å². The maximum Gasteiger partial charge on any atom is 0.276 e. The minimum atomic E-state index is -0.227. The van der Waals surface area contributed by atoms with Gasteiger partial charge < -0.3 is 0 Å². The summed E-state index contributed by atoms with van der Waals surface area (Å²) >= 11 is 0. The van der Waals surface area contributed by atoms with Gasteiger partial charge in [0.1, 0.15) is 0 Å². The van der Waals surface area contributed by atoms with Crippen molar-refractivity contribution in [2.75, 3.05) is 0 Å². The predicted molar refractivity (Wildman–Crippen MR) is 75.4 cm³/mol. The lowest BCUT2D eigenvalue weighted by Crippen LogP contribution is -2.06. The average Bonchev–Trinajstić information content (AvgIpc) is 2.26. The summed E-state index contributed by atoms with van der Waals surface area (Å²) in [5, 5.41) is 11.3. The number of rotatable bonds is 4. The number of hydrogen-bond donors (Lipinski definition) is 0. The topological polar surface area (TPSA) is 43.1 Å². The van der Waals surface area contributed by atoms with Gasteiger partial charge in [-0.2, -0.15) is 0 Å². The summed E-state index contributed by atoms with van der Waals surface area (Å²) in [4.78, 5) is 11.1. The zero-order valence-corrected chi connectivity index (χ0v) is 12.2. The zero-order chi connectivity index (χ0) is 14.0. The molecule has 0 atom stereocenters. The van der Waals surface area contributed by atoms with Crippen LogP contribution in [-0.2, 0) is 0 Å². The van der Waals surface area contributed by atoms with Gasteiger partial charge in [-0.3, -0.25) is 10.1 Å². The van der Waals surface area contributed by atoms with Gasteiger partial charge in [0.15, 0.2) is 0 Å². The minimum Gasteiger partial charge on any atom is -0.258 e. The van der Waals surface area contributed by atoms with Gasteiger partial charge in [0.05, 0.1) is 4.92 Å². The number of hydrogen-bond acceptors (Lipinski definition) is 2. The quantitative estimate of drug-likeness (QED) is 0.558. The lowest BCUT2D eigenvalue weighted by molar-refractivity contribution is -0.386. The van der Waals surface area contributed by atoms with E-state index in [0.29, 0.717) is 11.6 Å². The first-order valence-electron chi connectivity index (χ1n) is 6.57. The molecule has 0 bridgehead atoms. The van der Waals surface area contributed by atoms with Crippen LogP contribution in [0.25, 0.3) is 0 Å². The summed E-state index contributed by atoms with van der Waals surface area (Å²) in [7, 11) is 0. The Balaban J connectivity index is 3.60. The Morgan fingerprint density at radius 1 is 0.889 bits per heavy atom. The van der Waals surface area contributed by atoms with Gasteiger partial charge in [-0.1, -0.05) is 41.5 Å². The smallest absolute Gasteiger partial charge is 0.258 e. The summed E-state index contributed by atoms with van der Waals surface area (Å²) in [6.45, 7) is 12.3. The third-order valence-corrected chi connectivity index (χ3v) is 3.28. The van der Waals surface area contributed by atoms with Crippen LogP contribution >= 0.6 is 0 Å². The van der Waals surface area contributed by atoms with Crippen LogP contribution in [0.3, 0.4) is 0 Å². The molecule has 0 radical (unpaired) electrons. The molecule has 0 saturated carbocycles. The van der Waals surface area contributed by atoms with Crippen LogP contribution in [0.15, 0.2) is 12.1 Å². The standard InChI is InChI=1S/C15H23NO2/c1-9(2)12-7-13(10(3)4)15(16(17)18)14(8-12)11(5)6/h7-11H,1-6H3. The van der Waals surface area contributed by atoms with Crippen LogP contribution in [0.5, 0.6) is 0 Å². The van der Waals surface area contributed by atoms with E-state index in [1.165, 1.54) is 5.56 Å². The van der Waals surface area contributed by atoms with Gasteiger partial charge >= 0.3 is 0 Å². The van der Waals surface area contributed by atoms with Crippen molar-refractivity contribution in [2.45, 2.75) is 59.3 Å². The summed E-state index contributed by atoms with van der Waals surface area (Å²) in [5.41, 5.74) is 3.21. The van der Waals surface area contributed by atoms with Crippen LogP contribution in [0.2, 0.25) is 0 Å². The Hall–Kier alpha value is -1.38. The van der Waals surface area contributed by atoms with Gasteiger partial charge in [0, 0.05) is 11.1 Å². The average molecular weight is 249 g/mol. The van der Waals surface area contributed by atoms with E-state index in [4.69, 9.17) is 0 Å². The summed E-state index contributed by atoms with van der Waals surface area (Å²) in [5.74, 6) is 0.726. The first kappa shape index (κ1) is 14.7. The molecule has 0 aliphatic rings. The normalized spacial score (nSPS) is 11.6. The molecule has 0 fully saturated rings. The van der Waals surface area contributed by atoms with E-state index < -0.39 is 0 Å². The van der Waals surface area contributed by atoms with Crippen LogP contribution < -0.4 is 0 Å². The molecule has 0 amide bonds. The first-order valence-corrected chi connectivity index (χ1v) is 6.57. The highest BCUT2D eigenvalue weighted by atomic mass is 16.6. The Kier molecular flexibility index (Phi) is 4.49. The van der Waals surface area contributed by atoms with E-state index in [-0.39, 0.29) is 16.8 Å². The fourth-order valence-electron chi connectivity index (χ4n) is 2.13. The minimum absolute atomic E-state index is 0.168. The van der Waals surface area contributed by atoms with E-state index in [2.05, 4.69) is 13.8 Å². The van der Waals surface area contributed by atoms with Crippen molar-refractivity contribution < 1.29 is 4.92 Å². The highest BCUT2D eigenvalue weighted by Crippen LogP contribution is 2.37. The lowest BCUT2D eigenvalue weighted by Gasteiger charge is -2.17. The third-order valence-electron chi connectivity index (χ3n) is 3.28. The Morgan fingerprint density at radius 3 is 1.50 bits per heavy atom. The van der Waals surface area contributed by atoms with Crippen LogP contribution in [0.4, 0.5) is 5.69 Å². The Morgan fingerprint density at radius 2 is 1.28 bits per heavy atom. The highest BCUT2D eigenvalue weighted by Gasteiger charge is 2.25. The molecule has 1 aromatic rings. The van der Waals surface area contributed by atoms with Crippen molar-refractivity contribution >= 4 is 5.69 Å². The lowest BCUT2D eigenvalue weighted by atomic mass is 9.87.